The van der Waals surface area contributed by atoms with Gasteiger partial charge >= 0.3 is 6.03 Å². The molecule has 6 heteroatoms. The minimum Gasteiger partial charge on any atom is -0.305 e. The number of amides is 1. The Labute approximate surface area is 128 Å². The van der Waals surface area contributed by atoms with Crippen molar-refractivity contribution in [3.8, 4) is 0 Å². The van der Waals surface area contributed by atoms with Gasteiger partial charge in [-0.05, 0) is 46.3 Å². The number of fused-ring (bicyclic) bond motifs is 1. The number of hydrogen-bond acceptors (Lipinski definition) is 2. The van der Waals surface area contributed by atoms with Crippen molar-refractivity contribution in [2.45, 2.75) is 0 Å². The second kappa shape index (κ2) is 5.26. The highest BCUT2D eigenvalue weighted by molar-refractivity contribution is 9.10. The Morgan fingerprint density at radius 3 is 2.85 bits per heavy atom. The predicted octanol–water partition coefficient (Wildman–Crippen LogP) is 4.53. The molecule has 1 heterocycles. The molecule has 0 aliphatic rings. The van der Waals surface area contributed by atoms with E-state index >= 15 is 0 Å². The zero-order valence-electron chi connectivity index (χ0n) is 10.2. The molecule has 0 aliphatic heterocycles. The van der Waals surface area contributed by atoms with Gasteiger partial charge in [-0.25, -0.2) is 4.79 Å². The minimum absolute atomic E-state index is 0.325. The van der Waals surface area contributed by atoms with E-state index in [9.17, 15) is 4.79 Å². The van der Waals surface area contributed by atoms with E-state index in [1.165, 1.54) is 4.68 Å². The molecule has 0 saturated carbocycles. The molecular weight excluding hydrogens is 342 g/mol. The first-order valence-corrected chi connectivity index (χ1v) is 7.01. The van der Waals surface area contributed by atoms with Gasteiger partial charge in [0.05, 0.1) is 17.4 Å². The van der Waals surface area contributed by atoms with Gasteiger partial charge in [0, 0.05) is 14.9 Å². The van der Waals surface area contributed by atoms with Gasteiger partial charge in [0.25, 0.3) is 0 Å². The number of para-hydroxylation sites is 1. The lowest BCUT2D eigenvalue weighted by atomic mass is 10.2. The molecule has 2 aromatic carbocycles. The van der Waals surface area contributed by atoms with Gasteiger partial charge in [-0.15, -0.1) is 0 Å². The maximum Gasteiger partial charge on any atom is 0.347 e. The molecule has 0 fully saturated rings. The van der Waals surface area contributed by atoms with Gasteiger partial charge in [-0.1, -0.05) is 23.7 Å². The van der Waals surface area contributed by atoms with Crippen LogP contribution in [-0.2, 0) is 0 Å². The van der Waals surface area contributed by atoms with Crippen LogP contribution < -0.4 is 5.32 Å². The number of halogens is 2. The molecule has 20 heavy (non-hydrogen) atoms. The van der Waals surface area contributed by atoms with Crippen LogP contribution in [0.2, 0.25) is 5.02 Å². The number of rotatable bonds is 1. The standard InChI is InChI=1S/C14H9BrClN3O/c15-11-3-1-2-4-12(11)18-14(20)19-13-6-5-10(16)7-9(13)8-17-19/h1-8H,(H,18,20). The molecule has 100 valence electrons. The Morgan fingerprint density at radius 1 is 1.25 bits per heavy atom. The topological polar surface area (TPSA) is 46.9 Å². The van der Waals surface area contributed by atoms with Crippen molar-refractivity contribution in [1.82, 2.24) is 9.78 Å². The molecule has 4 nitrogen and oxygen atoms in total. The van der Waals surface area contributed by atoms with Gasteiger partial charge in [0.15, 0.2) is 0 Å². The van der Waals surface area contributed by atoms with Crippen molar-refractivity contribution in [2.24, 2.45) is 0 Å². The molecule has 0 unspecified atom stereocenters. The first kappa shape index (κ1) is 13.1. The highest BCUT2D eigenvalue weighted by atomic mass is 79.9. The van der Waals surface area contributed by atoms with Crippen LogP contribution in [0.15, 0.2) is 53.1 Å². The third kappa shape index (κ3) is 2.42. The summed E-state index contributed by atoms with van der Waals surface area (Å²) in [5, 5.41) is 8.33. The van der Waals surface area contributed by atoms with Crippen LogP contribution in [0.3, 0.4) is 0 Å². The molecule has 0 bridgehead atoms. The van der Waals surface area contributed by atoms with E-state index in [1.807, 2.05) is 24.3 Å². The maximum absolute atomic E-state index is 12.3. The number of aromatic nitrogens is 2. The summed E-state index contributed by atoms with van der Waals surface area (Å²) in [5.41, 5.74) is 1.40. The first-order valence-electron chi connectivity index (χ1n) is 5.84. The van der Waals surface area contributed by atoms with E-state index < -0.39 is 0 Å². The zero-order valence-corrected chi connectivity index (χ0v) is 12.5. The number of carbonyl (C=O) groups excluding carboxylic acids is 1. The van der Waals surface area contributed by atoms with Gasteiger partial charge in [-0.3, -0.25) is 0 Å². The number of carbonyl (C=O) groups is 1. The third-order valence-corrected chi connectivity index (χ3v) is 3.76. The summed E-state index contributed by atoms with van der Waals surface area (Å²) < 4.78 is 2.12. The lowest BCUT2D eigenvalue weighted by molar-refractivity contribution is 0.252. The molecule has 0 spiro atoms. The largest absolute Gasteiger partial charge is 0.347 e. The smallest absolute Gasteiger partial charge is 0.305 e. The average Bonchev–Trinajstić information content (AvgIpc) is 2.84. The van der Waals surface area contributed by atoms with Crippen LogP contribution in [0.5, 0.6) is 0 Å². The van der Waals surface area contributed by atoms with Gasteiger partial charge in [0.2, 0.25) is 0 Å². The summed E-state index contributed by atoms with van der Waals surface area (Å²) in [6.07, 6.45) is 1.61. The molecule has 1 aromatic heterocycles. The number of benzene rings is 2. The molecule has 0 atom stereocenters. The quantitative estimate of drug-likeness (QED) is 0.701. The number of nitrogens with one attached hydrogen (secondary N) is 1. The molecular formula is C14H9BrClN3O. The second-order valence-electron chi connectivity index (χ2n) is 4.17. The molecule has 0 radical (unpaired) electrons. The van der Waals surface area contributed by atoms with Crippen molar-refractivity contribution in [3.05, 3.63) is 58.2 Å². The van der Waals surface area contributed by atoms with Crippen molar-refractivity contribution < 1.29 is 4.79 Å². The van der Waals surface area contributed by atoms with E-state index in [0.29, 0.717) is 16.2 Å². The van der Waals surface area contributed by atoms with E-state index in [1.54, 1.807) is 24.4 Å². The van der Waals surface area contributed by atoms with Crippen LogP contribution >= 0.6 is 27.5 Å². The summed E-state index contributed by atoms with van der Waals surface area (Å²) in [6, 6.07) is 12.3. The van der Waals surface area contributed by atoms with E-state index in [4.69, 9.17) is 11.6 Å². The third-order valence-electron chi connectivity index (χ3n) is 2.84. The summed E-state index contributed by atoms with van der Waals surface area (Å²) in [7, 11) is 0. The summed E-state index contributed by atoms with van der Waals surface area (Å²) in [5.74, 6) is 0. The van der Waals surface area contributed by atoms with E-state index in [0.717, 1.165) is 9.86 Å². The maximum atomic E-state index is 12.3. The fraction of sp³-hybridized carbons (Fsp3) is 0. The number of hydrogen-bond donors (Lipinski definition) is 1. The number of anilines is 1. The molecule has 0 aliphatic carbocycles. The van der Waals surface area contributed by atoms with E-state index in [-0.39, 0.29) is 6.03 Å². The molecule has 3 aromatic rings. The fourth-order valence-corrected chi connectivity index (χ4v) is 2.46. The fourth-order valence-electron chi connectivity index (χ4n) is 1.90. The van der Waals surface area contributed by atoms with Crippen molar-refractivity contribution in [3.63, 3.8) is 0 Å². The Kier molecular flexibility index (Phi) is 3.46. The monoisotopic (exact) mass is 349 g/mol. The van der Waals surface area contributed by atoms with Crippen molar-refractivity contribution in [1.29, 1.82) is 0 Å². The van der Waals surface area contributed by atoms with Crippen LogP contribution in [0.1, 0.15) is 0 Å². The second-order valence-corrected chi connectivity index (χ2v) is 5.46. The zero-order chi connectivity index (χ0) is 14.1. The average molecular weight is 351 g/mol. The molecule has 3 rings (SSSR count). The van der Waals surface area contributed by atoms with E-state index in [2.05, 4.69) is 26.3 Å². The van der Waals surface area contributed by atoms with Crippen LogP contribution in [0.4, 0.5) is 10.5 Å². The SMILES string of the molecule is O=C(Nc1ccccc1Br)n1ncc2cc(Cl)ccc21. The van der Waals surface area contributed by atoms with Crippen LogP contribution in [-0.4, -0.2) is 15.8 Å². The Hall–Kier alpha value is -1.85. The lowest BCUT2D eigenvalue weighted by Crippen LogP contribution is -2.20. The minimum atomic E-state index is -0.325. The summed E-state index contributed by atoms with van der Waals surface area (Å²) >= 11 is 9.30. The number of nitrogens with zero attached hydrogens (tertiary/aromatic N) is 2. The first-order chi connectivity index (χ1) is 9.65. The van der Waals surface area contributed by atoms with Crippen LogP contribution in [0, 0.1) is 0 Å². The summed E-state index contributed by atoms with van der Waals surface area (Å²) in [6.45, 7) is 0. The molecule has 0 saturated heterocycles. The van der Waals surface area contributed by atoms with Gasteiger partial charge in [0.1, 0.15) is 0 Å². The Balaban J connectivity index is 1.95. The van der Waals surface area contributed by atoms with Gasteiger partial charge < -0.3 is 5.32 Å². The molecule has 1 N–H and O–H groups in total. The normalized spacial score (nSPS) is 10.7. The van der Waals surface area contributed by atoms with Gasteiger partial charge in [-0.2, -0.15) is 9.78 Å². The highest BCUT2D eigenvalue weighted by Gasteiger charge is 2.12. The van der Waals surface area contributed by atoms with Crippen molar-refractivity contribution >= 4 is 50.2 Å². The Bertz CT molecular complexity index is 800. The summed E-state index contributed by atoms with van der Waals surface area (Å²) in [4.78, 5) is 12.3. The van der Waals surface area contributed by atoms with Crippen LogP contribution in [0.25, 0.3) is 10.9 Å². The molecule has 1 amide bonds. The van der Waals surface area contributed by atoms with Crippen molar-refractivity contribution in [2.75, 3.05) is 5.32 Å². The highest BCUT2D eigenvalue weighted by Crippen LogP contribution is 2.23. The Morgan fingerprint density at radius 2 is 2.05 bits per heavy atom. The predicted molar refractivity (Wildman–Crippen MR) is 83.3 cm³/mol. The lowest BCUT2D eigenvalue weighted by Gasteiger charge is -2.07.